The average molecular weight is 421 g/mol. The van der Waals surface area contributed by atoms with E-state index in [0.29, 0.717) is 12.1 Å². The topological polar surface area (TPSA) is 107 Å². The molecule has 0 bridgehead atoms. The first kappa shape index (κ1) is 21.8. The van der Waals surface area contributed by atoms with Crippen molar-refractivity contribution in [3.63, 3.8) is 0 Å². The molecular formula is C23H23N3O5. The molecule has 0 radical (unpaired) electrons. The summed E-state index contributed by atoms with van der Waals surface area (Å²) in [4.78, 5) is 51.2. The van der Waals surface area contributed by atoms with E-state index in [0.717, 1.165) is 16.0 Å². The maximum atomic E-state index is 12.9. The van der Waals surface area contributed by atoms with Gasteiger partial charge in [0.05, 0.1) is 6.42 Å². The number of anilines is 1. The van der Waals surface area contributed by atoms with Gasteiger partial charge in [-0.25, -0.2) is 4.79 Å². The van der Waals surface area contributed by atoms with Crippen molar-refractivity contribution in [3.8, 4) is 0 Å². The summed E-state index contributed by atoms with van der Waals surface area (Å²) in [7, 11) is 1.50. The molecule has 3 amide bonds. The highest BCUT2D eigenvalue weighted by molar-refractivity contribution is 6.19. The van der Waals surface area contributed by atoms with Crippen LogP contribution < -0.4 is 10.2 Å². The Balaban J connectivity index is 1.87. The van der Waals surface area contributed by atoms with E-state index in [2.05, 4.69) is 5.32 Å². The number of nitrogens with one attached hydrogen (secondary N) is 1. The molecule has 8 nitrogen and oxygen atoms in total. The molecule has 2 aromatic carbocycles. The van der Waals surface area contributed by atoms with E-state index in [1.54, 1.807) is 12.1 Å². The molecule has 0 fully saturated rings. The van der Waals surface area contributed by atoms with E-state index >= 15 is 0 Å². The molecule has 2 aromatic rings. The largest absolute Gasteiger partial charge is 0.481 e. The van der Waals surface area contributed by atoms with Gasteiger partial charge in [-0.05, 0) is 29.7 Å². The number of hydrogen-bond acceptors (Lipinski definition) is 4. The molecule has 0 saturated carbocycles. The van der Waals surface area contributed by atoms with E-state index in [1.165, 1.54) is 24.2 Å². The maximum Gasteiger partial charge on any atom is 0.323 e. The van der Waals surface area contributed by atoms with Gasteiger partial charge in [0.25, 0.3) is 5.91 Å². The summed E-state index contributed by atoms with van der Waals surface area (Å²) in [6, 6.07) is 14.8. The summed E-state index contributed by atoms with van der Waals surface area (Å²) >= 11 is 0. The van der Waals surface area contributed by atoms with Gasteiger partial charge in [-0.15, -0.1) is 0 Å². The number of likely N-dealkylation sites (N-methyl/N-ethyl adjacent to an activating group) is 1. The van der Waals surface area contributed by atoms with Gasteiger partial charge in [0.1, 0.15) is 0 Å². The van der Waals surface area contributed by atoms with Crippen LogP contribution in [0.4, 0.5) is 10.5 Å². The van der Waals surface area contributed by atoms with Gasteiger partial charge in [0.15, 0.2) is 11.8 Å². The number of benzene rings is 2. The summed E-state index contributed by atoms with van der Waals surface area (Å²) in [6.45, 7) is -0.127. The van der Waals surface area contributed by atoms with Crippen LogP contribution in [0.1, 0.15) is 17.5 Å². The van der Waals surface area contributed by atoms with Gasteiger partial charge in [-0.2, -0.15) is 0 Å². The highest BCUT2D eigenvalue weighted by atomic mass is 16.4. The third-order valence-corrected chi connectivity index (χ3v) is 4.87. The zero-order chi connectivity index (χ0) is 22.4. The number of hydrogen-bond donors (Lipinski definition) is 2. The Labute approximate surface area is 179 Å². The molecule has 1 aliphatic heterocycles. The Hall–Kier alpha value is -3.94. The van der Waals surface area contributed by atoms with Gasteiger partial charge < -0.3 is 15.3 Å². The molecule has 1 heterocycles. The van der Waals surface area contributed by atoms with Crippen LogP contribution in [-0.4, -0.2) is 53.3 Å². The van der Waals surface area contributed by atoms with Crippen LogP contribution in [0.25, 0.3) is 0 Å². The van der Waals surface area contributed by atoms with Gasteiger partial charge >= 0.3 is 12.0 Å². The van der Waals surface area contributed by atoms with E-state index in [-0.39, 0.29) is 13.0 Å². The van der Waals surface area contributed by atoms with E-state index < -0.39 is 29.7 Å². The maximum absolute atomic E-state index is 12.9. The first-order chi connectivity index (χ1) is 14.9. The van der Waals surface area contributed by atoms with Crippen LogP contribution in [0.15, 0.2) is 66.9 Å². The SMILES string of the molecule is CN1C=CC(=O)[C@H](N(C(=O)NCCC(=O)O)c2ccc(Cc3ccccc3)cc2)C1=O. The highest BCUT2D eigenvalue weighted by Gasteiger charge is 2.39. The smallest absolute Gasteiger partial charge is 0.323 e. The second-order valence-electron chi connectivity index (χ2n) is 7.14. The minimum Gasteiger partial charge on any atom is -0.481 e. The van der Waals surface area contributed by atoms with Crippen molar-refractivity contribution in [3.05, 3.63) is 78.0 Å². The number of ketones is 1. The quantitative estimate of drug-likeness (QED) is 0.667. The van der Waals surface area contributed by atoms with E-state index in [1.807, 2.05) is 42.5 Å². The van der Waals surface area contributed by atoms with E-state index in [4.69, 9.17) is 5.11 Å². The average Bonchev–Trinajstić information content (AvgIpc) is 2.75. The van der Waals surface area contributed by atoms with E-state index in [9.17, 15) is 19.2 Å². The second-order valence-corrected chi connectivity index (χ2v) is 7.14. The van der Waals surface area contributed by atoms with Gasteiger partial charge in [-0.1, -0.05) is 42.5 Å². The van der Waals surface area contributed by atoms with Crippen molar-refractivity contribution in [2.45, 2.75) is 18.9 Å². The lowest BCUT2D eigenvalue weighted by atomic mass is 10.0. The molecule has 0 saturated heterocycles. The van der Waals surface area contributed by atoms with Crippen LogP contribution in [0.3, 0.4) is 0 Å². The minimum atomic E-state index is -1.36. The first-order valence-electron chi connectivity index (χ1n) is 9.77. The first-order valence-corrected chi connectivity index (χ1v) is 9.77. The number of carbonyl (C=O) groups excluding carboxylic acids is 3. The Morgan fingerprint density at radius 2 is 1.68 bits per heavy atom. The summed E-state index contributed by atoms with van der Waals surface area (Å²) in [5.41, 5.74) is 2.49. The number of carboxylic acid groups (broad SMARTS) is 1. The Bertz CT molecular complexity index is 1000. The summed E-state index contributed by atoms with van der Waals surface area (Å²) in [6.07, 6.45) is 3.01. The standard InChI is InChI=1S/C23H23N3O5/c1-25-14-12-19(27)21(22(25)30)26(23(31)24-13-11-20(28)29)18-9-7-17(8-10-18)15-16-5-3-2-4-6-16/h2-10,12,14,21H,11,13,15H2,1H3,(H,24,31)(H,28,29)/t21-/m0/s1. The fourth-order valence-corrected chi connectivity index (χ4v) is 3.25. The number of carbonyl (C=O) groups is 4. The lowest BCUT2D eigenvalue weighted by molar-refractivity contribution is -0.137. The van der Waals surface area contributed by atoms with Crippen molar-refractivity contribution in [1.82, 2.24) is 10.2 Å². The van der Waals surface area contributed by atoms with Crippen molar-refractivity contribution < 1.29 is 24.3 Å². The van der Waals surface area contributed by atoms with Crippen molar-refractivity contribution in [2.75, 3.05) is 18.5 Å². The van der Waals surface area contributed by atoms with Gasteiger partial charge in [0, 0.05) is 31.6 Å². The van der Waals surface area contributed by atoms with Crippen LogP contribution in [0, 0.1) is 0 Å². The molecule has 1 atom stereocenters. The molecule has 3 rings (SSSR count). The zero-order valence-electron chi connectivity index (χ0n) is 17.0. The molecule has 8 heteroatoms. The third-order valence-electron chi connectivity index (χ3n) is 4.87. The van der Waals surface area contributed by atoms with Crippen LogP contribution >= 0.6 is 0 Å². The number of carboxylic acids is 1. The second kappa shape index (κ2) is 9.71. The summed E-state index contributed by atoms with van der Waals surface area (Å²) in [5.74, 6) is -2.14. The molecule has 2 N–H and O–H groups in total. The van der Waals surface area contributed by atoms with Crippen molar-refractivity contribution >= 4 is 29.4 Å². The molecule has 0 unspecified atom stereocenters. The van der Waals surface area contributed by atoms with Crippen molar-refractivity contribution in [2.24, 2.45) is 0 Å². The highest BCUT2D eigenvalue weighted by Crippen LogP contribution is 2.23. The third kappa shape index (κ3) is 5.36. The molecular weight excluding hydrogens is 398 g/mol. The predicted octanol–water partition coefficient (Wildman–Crippen LogP) is 2.19. The normalized spacial score (nSPS) is 15.6. The number of rotatable bonds is 7. The number of nitrogens with zero attached hydrogens (tertiary/aromatic N) is 2. The van der Waals surface area contributed by atoms with Crippen LogP contribution in [0.5, 0.6) is 0 Å². The fourth-order valence-electron chi connectivity index (χ4n) is 3.25. The number of amides is 3. The lowest BCUT2D eigenvalue weighted by Crippen LogP contribution is -2.57. The molecule has 1 aliphatic rings. The monoisotopic (exact) mass is 421 g/mol. The number of aliphatic carboxylic acids is 1. The minimum absolute atomic E-state index is 0.127. The Kier molecular flexibility index (Phi) is 6.81. The predicted molar refractivity (Wildman–Crippen MR) is 115 cm³/mol. The molecule has 0 aliphatic carbocycles. The molecule has 160 valence electrons. The van der Waals surface area contributed by atoms with Crippen molar-refractivity contribution in [1.29, 1.82) is 0 Å². The fraction of sp³-hybridized carbons (Fsp3) is 0.217. The lowest BCUT2D eigenvalue weighted by Gasteiger charge is -2.33. The summed E-state index contributed by atoms with van der Waals surface area (Å²) in [5, 5.41) is 11.3. The molecule has 31 heavy (non-hydrogen) atoms. The molecule has 0 spiro atoms. The van der Waals surface area contributed by atoms with Crippen LogP contribution in [0.2, 0.25) is 0 Å². The van der Waals surface area contributed by atoms with Crippen LogP contribution in [-0.2, 0) is 20.8 Å². The summed E-state index contributed by atoms with van der Waals surface area (Å²) < 4.78 is 0. The molecule has 0 aromatic heterocycles. The number of urea groups is 1. The Morgan fingerprint density at radius 1 is 1.03 bits per heavy atom. The van der Waals surface area contributed by atoms with Gasteiger partial charge in [0.2, 0.25) is 0 Å². The zero-order valence-corrected chi connectivity index (χ0v) is 17.0. The van der Waals surface area contributed by atoms with Gasteiger partial charge in [-0.3, -0.25) is 19.3 Å². The Morgan fingerprint density at radius 3 is 2.32 bits per heavy atom.